The maximum atomic E-state index is 13.8. The van der Waals surface area contributed by atoms with E-state index in [0.717, 1.165) is 12.1 Å². The lowest BCUT2D eigenvalue weighted by Crippen LogP contribution is -2.14. The molecule has 0 atom stereocenters. The van der Waals surface area contributed by atoms with Crippen LogP contribution < -0.4 is 9.47 Å². The minimum Gasteiger partial charge on any atom is -0.494 e. The quantitative estimate of drug-likeness (QED) is 0.539. The number of carbonyl (C=O) groups excluding carboxylic acids is 1. The molecule has 0 bridgehead atoms. The summed E-state index contributed by atoms with van der Waals surface area (Å²) in [5.74, 6) is -0.765. The number of aromatic nitrogens is 1. The summed E-state index contributed by atoms with van der Waals surface area (Å²) in [5.41, 5.74) is 0.346. The predicted molar refractivity (Wildman–Crippen MR) is 94.8 cm³/mol. The minimum absolute atomic E-state index is 0.0605. The minimum atomic E-state index is -0.775. The molecule has 0 saturated carbocycles. The first-order valence-electron chi connectivity index (χ1n) is 8.47. The Hall–Kier alpha value is -3.42. The molecule has 2 aromatic carbocycles. The molecule has 146 valence electrons. The van der Waals surface area contributed by atoms with Gasteiger partial charge in [-0.05, 0) is 43.3 Å². The van der Waals surface area contributed by atoms with Crippen LogP contribution in [0, 0.1) is 11.6 Å². The van der Waals surface area contributed by atoms with E-state index in [0.29, 0.717) is 18.1 Å². The zero-order chi connectivity index (χ0) is 19.9. The van der Waals surface area contributed by atoms with Crippen LogP contribution >= 0.6 is 0 Å². The maximum Gasteiger partial charge on any atom is 0.344 e. The third kappa shape index (κ3) is 5.06. The average Bonchev–Trinajstić information content (AvgIpc) is 3.15. The topological polar surface area (TPSA) is 70.8 Å². The molecule has 6 nitrogen and oxygen atoms in total. The van der Waals surface area contributed by atoms with Gasteiger partial charge >= 0.3 is 5.97 Å². The van der Waals surface area contributed by atoms with Crippen molar-refractivity contribution in [1.82, 2.24) is 5.16 Å². The highest BCUT2D eigenvalue weighted by molar-refractivity contribution is 5.71. The van der Waals surface area contributed by atoms with Crippen molar-refractivity contribution in [2.24, 2.45) is 0 Å². The van der Waals surface area contributed by atoms with E-state index in [1.807, 2.05) is 6.92 Å². The number of benzene rings is 2. The first-order valence-corrected chi connectivity index (χ1v) is 8.47. The largest absolute Gasteiger partial charge is 0.494 e. The summed E-state index contributed by atoms with van der Waals surface area (Å²) in [5, 5.41) is 3.71. The van der Waals surface area contributed by atoms with Crippen LogP contribution in [0.3, 0.4) is 0 Å². The SMILES string of the molecule is CCOc1ccc(OCC(=O)OCc2cc(-c3ccc(F)cc3F)on2)cc1. The van der Waals surface area contributed by atoms with Crippen LogP contribution in [-0.2, 0) is 16.1 Å². The number of esters is 1. The van der Waals surface area contributed by atoms with E-state index in [1.54, 1.807) is 24.3 Å². The van der Waals surface area contributed by atoms with Crippen molar-refractivity contribution in [3.8, 4) is 22.8 Å². The molecule has 0 fully saturated rings. The normalized spacial score (nSPS) is 10.5. The number of hydrogen-bond donors (Lipinski definition) is 0. The zero-order valence-electron chi connectivity index (χ0n) is 15.0. The van der Waals surface area contributed by atoms with Crippen molar-refractivity contribution in [2.75, 3.05) is 13.2 Å². The first-order chi connectivity index (χ1) is 13.5. The fourth-order valence-electron chi connectivity index (χ4n) is 2.33. The van der Waals surface area contributed by atoms with Crippen LogP contribution in [0.15, 0.2) is 53.1 Å². The summed E-state index contributed by atoms with van der Waals surface area (Å²) in [4.78, 5) is 11.8. The number of carbonyl (C=O) groups is 1. The molecule has 0 N–H and O–H groups in total. The molecule has 3 aromatic rings. The molecule has 0 spiro atoms. The maximum absolute atomic E-state index is 13.8. The zero-order valence-corrected chi connectivity index (χ0v) is 15.0. The molecule has 0 aliphatic heterocycles. The van der Waals surface area contributed by atoms with Crippen LogP contribution in [0.4, 0.5) is 8.78 Å². The highest BCUT2D eigenvalue weighted by atomic mass is 19.1. The number of hydrogen-bond acceptors (Lipinski definition) is 6. The Morgan fingerprint density at radius 2 is 1.75 bits per heavy atom. The molecule has 0 saturated heterocycles. The van der Waals surface area contributed by atoms with Gasteiger partial charge < -0.3 is 18.7 Å². The number of ether oxygens (including phenoxy) is 3. The summed E-state index contributed by atoms with van der Waals surface area (Å²) in [6.45, 7) is 1.99. The second-order valence-corrected chi connectivity index (χ2v) is 5.66. The Kier molecular flexibility index (Phi) is 6.21. The van der Waals surface area contributed by atoms with Gasteiger partial charge in [0.1, 0.15) is 35.4 Å². The highest BCUT2D eigenvalue weighted by Gasteiger charge is 2.14. The molecule has 0 aliphatic carbocycles. The van der Waals surface area contributed by atoms with Gasteiger partial charge in [0.15, 0.2) is 12.4 Å². The van der Waals surface area contributed by atoms with Gasteiger partial charge in [0.25, 0.3) is 0 Å². The van der Waals surface area contributed by atoms with Gasteiger partial charge in [-0.25, -0.2) is 13.6 Å². The second kappa shape index (κ2) is 8.98. The van der Waals surface area contributed by atoms with E-state index >= 15 is 0 Å². The Balaban J connectivity index is 1.49. The fraction of sp³-hybridized carbons (Fsp3) is 0.200. The lowest BCUT2D eigenvalue weighted by molar-refractivity contribution is -0.147. The smallest absolute Gasteiger partial charge is 0.344 e. The number of halogens is 2. The van der Waals surface area contributed by atoms with Crippen molar-refractivity contribution in [3.63, 3.8) is 0 Å². The van der Waals surface area contributed by atoms with E-state index < -0.39 is 17.6 Å². The van der Waals surface area contributed by atoms with E-state index in [4.69, 9.17) is 18.7 Å². The van der Waals surface area contributed by atoms with Gasteiger partial charge in [-0.2, -0.15) is 0 Å². The van der Waals surface area contributed by atoms with Crippen LogP contribution in [0.5, 0.6) is 11.5 Å². The summed E-state index contributed by atoms with van der Waals surface area (Å²) < 4.78 is 47.4. The van der Waals surface area contributed by atoms with Crippen LogP contribution in [0.2, 0.25) is 0 Å². The van der Waals surface area contributed by atoms with Gasteiger partial charge in [-0.3, -0.25) is 0 Å². The Labute approximate surface area is 159 Å². The lowest BCUT2D eigenvalue weighted by Gasteiger charge is -2.07. The van der Waals surface area contributed by atoms with Crippen molar-refractivity contribution in [1.29, 1.82) is 0 Å². The molecule has 0 amide bonds. The summed E-state index contributed by atoms with van der Waals surface area (Å²) in [6, 6.07) is 11.3. The molecular weight excluding hydrogens is 372 g/mol. The first kappa shape index (κ1) is 19.3. The average molecular weight is 389 g/mol. The van der Waals surface area contributed by atoms with Gasteiger partial charge in [0, 0.05) is 12.1 Å². The third-order valence-electron chi connectivity index (χ3n) is 3.63. The Morgan fingerprint density at radius 3 is 2.43 bits per heavy atom. The van der Waals surface area contributed by atoms with Gasteiger partial charge in [0.2, 0.25) is 0 Å². The number of nitrogens with zero attached hydrogens (tertiary/aromatic N) is 1. The molecule has 3 rings (SSSR count). The van der Waals surface area contributed by atoms with E-state index in [9.17, 15) is 13.6 Å². The van der Waals surface area contributed by atoms with Crippen molar-refractivity contribution in [2.45, 2.75) is 13.5 Å². The van der Waals surface area contributed by atoms with Crippen LogP contribution in [0.25, 0.3) is 11.3 Å². The second-order valence-electron chi connectivity index (χ2n) is 5.66. The molecule has 0 aliphatic rings. The van der Waals surface area contributed by atoms with Crippen LogP contribution in [0.1, 0.15) is 12.6 Å². The molecule has 0 radical (unpaired) electrons. The summed E-state index contributed by atoms with van der Waals surface area (Å²) >= 11 is 0. The molecule has 1 aromatic heterocycles. The molecule has 1 heterocycles. The van der Waals surface area contributed by atoms with E-state index in [2.05, 4.69) is 5.16 Å². The number of rotatable bonds is 8. The van der Waals surface area contributed by atoms with E-state index in [1.165, 1.54) is 12.1 Å². The molecule has 28 heavy (non-hydrogen) atoms. The Bertz CT molecular complexity index is 940. The Morgan fingerprint density at radius 1 is 1.04 bits per heavy atom. The van der Waals surface area contributed by atoms with Gasteiger partial charge in [-0.1, -0.05) is 5.16 Å². The molecule has 8 heteroatoms. The fourth-order valence-corrected chi connectivity index (χ4v) is 2.33. The molecule has 0 unspecified atom stereocenters. The van der Waals surface area contributed by atoms with Crippen LogP contribution in [-0.4, -0.2) is 24.3 Å². The van der Waals surface area contributed by atoms with Crippen molar-refractivity contribution >= 4 is 5.97 Å². The van der Waals surface area contributed by atoms with Gasteiger partial charge in [0.05, 0.1) is 12.2 Å². The monoisotopic (exact) mass is 389 g/mol. The third-order valence-corrected chi connectivity index (χ3v) is 3.63. The van der Waals surface area contributed by atoms with Crippen molar-refractivity contribution < 1.29 is 32.3 Å². The molecular formula is C20H17F2NO5. The lowest BCUT2D eigenvalue weighted by atomic mass is 10.1. The standard InChI is InChI=1S/C20H17F2NO5/c1-2-25-15-4-6-16(7-5-15)26-12-20(24)27-11-14-10-19(28-23-14)17-8-3-13(21)9-18(17)22/h3-10H,2,11-12H2,1H3. The summed E-state index contributed by atoms with van der Waals surface area (Å²) in [7, 11) is 0. The predicted octanol–water partition coefficient (Wildman–Crippen LogP) is 4.14. The van der Waals surface area contributed by atoms with Gasteiger partial charge in [-0.15, -0.1) is 0 Å². The van der Waals surface area contributed by atoms with Crippen molar-refractivity contribution in [3.05, 3.63) is 65.9 Å². The highest BCUT2D eigenvalue weighted by Crippen LogP contribution is 2.24. The summed E-state index contributed by atoms with van der Waals surface area (Å²) in [6.07, 6.45) is 0. The van der Waals surface area contributed by atoms with E-state index in [-0.39, 0.29) is 30.2 Å².